The summed E-state index contributed by atoms with van der Waals surface area (Å²) in [7, 11) is 3.82. The third-order valence-electron chi connectivity index (χ3n) is 5.14. The van der Waals surface area contributed by atoms with Crippen molar-refractivity contribution in [2.24, 2.45) is 0 Å². The second-order valence-electron chi connectivity index (χ2n) is 6.88. The zero-order chi connectivity index (χ0) is 19.0. The number of thiazole rings is 1. The molecular weight excluding hydrogens is 362 g/mol. The average molecular weight is 388 g/mol. The lowest BCUT2D eigenvalue weighted by molar-refractivity contribution is 0.127. The molecule has 8 heteroatoms. The fraction of sp³-hybridized carbons (Fsp3) is 0.474. The van der Waals surface area contributed by atoms with Crippen molar-refractivity contribution in [3.8, 4) is 11.6 Å². The fourth-order valence-electron chi connectivity index (χ4n) is 3.51. The minimum absolute atomic E-state index is 0.0248. The van der Waals surface area contributed by atoms with Crippen LogP contribution in [0.25, 0.3) is 4.96 Å². The summed E-state index contributed by atoms with van der Waals surface area (Å²) in [6, 6.07) is 8.08. The number of nitrogens with zero attached hydrogens (tertiary/aromatic N) is 5. The molecule has 1 atom stereocenters. The maximum atomic E-state index is 10.9. The van der Waals surface area contributed by atoms with Crippen molar-refractivity contribution < 1.29 is 9.84 Å². The zero-order valence-electron chi connectivity index (χ0n) is 15.9. The number of benzene rings is 1. The van der Waals surface area contributed by atoms with E-state index in [1.807, 2.05) is 19.1 Å². The van der Waals surface area contributed by atoms with Gasteiger partial charge in [-0.3, -0.25) is 4.90 Å². The predicted octanol–water partition coefficient (Wildman–Crippen LogP) is 2.40. The molecule has 0 aliphatic carbocycles. The molecule has 1 aliphatic rings. The van der Waals surface area contributed by atoms with E-state index in [1.54, 1.807) is 11.6 Å². The largest absolute Gasteiger partial charge is 0.497 e. The van der Waals surface area contributed by atoms with Crippen LogP contribution >= 0.6 is 11.3 Å². The van der Waals surface area contributed by atoms with E-state index in [0.717, 1.165) is 59.6 Å². The Labute approximate surface area is 162 Å². The molecule has 1 aliphatic heterocycles. The number of methoxy groups -OCH3 is 1. The zero-order valence-corrected chi connectivity index (χ0v) is 16.7. The van der Waals surface area contributed by atoms with Gasteiger partial charge in [0.25, 0.3) is 0 Å². The third kappa shape index (κ3) is 3.40. The SMILES string of the molecule is CCc1nc2sc([C@H](c3ccc(OC)cc3)N3CCN(C)CC3)c(O)n2n1. The number of piperazine rings is 1. The maximum absolute atomic E-state index is 10.9. The van der Waals surface area contributed by atoms with E-state index in [-0.39, 0.29) is 11.9 Å². The normalized spacial score (nSPS) is 17.4. The highest BCUT2D eigenvalue weighted by Crippen LogP contribution is 2.40. The lowest BCUT2D eigenvalue weighted by Crippen LogP contribution is -2.46. The highest BCUT2D eigenvalue weighted by molar-refractivity contribution is 7.17. The number of hydrogen-bond acceptors (Lipinski definition) is 7. The van der Waals surface area contributed by atoms with Crippen LogP contribution < -0.4 is 4.74 Å². The molecule has 2 aromatic heterocycles. The second-order valence-corrected chi connectivity index (χ2v) is 7.89. The van der Waals surface area contributed by atoms with Crippen LogP contribution in [0.3, 0.4) is 0 Å². The van der Waals surface area contributed by atoms with E-state index < -0.39 is 0 Å². The molecule has 0 amide bonds. The Morgan fingerprint density at radius 2 is 1.89 bits per heavy atom. The van der Waals surface area contributed by atoms with Crippen molar-refractivity contribution in [3.05, 3.63) is 40.5 Å². The molecule has 0 radical (unpaired) electrons. The summed E-state index contributed by atoms with van der Waals surface area (Å²) in [5.74, 6) is 1.78. The summed E-state index contributed by atoms with van der Waals surface area (Å²) >= 11 is 1.52. The molecule has 3 heterocycles. The van der Waals surface area contributed by atoms with Gasteiger partial charge in [0.15, 0.2) is 5.82 Å². The molecule has 1 saturated heterocycles. The van der Waals surface area contributed by atoms with Gasteiger partial charge >= 0.3 is 0 Å². The summed E-state index contributed by atoms with van der Waals surface area (Å²) in [6.45, 7) is 5.92. The molecule has 0 saturated carbocycles. The Bertz CT molecular complexity index is 912. The van der Waals surface area contributed by atoms with Gasteiger partial charge in [0.1, 0.15) is 5.75 Å². The number of aromatic hydroxyl groups is 1. The highest BCUT2D eigenvalue weighted by atomic mass is 32.1. The highest BCUT2D eigenvalue weighted by Gasteiger charge is 2.31. The van der Waals surface area contributed by atoms with E-state index in [9.17, 15) is 5.11 Å². The number of likely N-dealkylation sites (N-methyl/N-ethyl adjacent to an activating group) is 1. The monoisotopic (exact) mass is 387 g/mol. The van der Waals surface area contributed by atoms with Crippen molar-refractivity contribution in [2.75, 3.05) is 40.3 Å². The first-order chi connectivity index (χ1) is 13.1. The van der Waals surface area contributed by atoms with Crippen LogP contribution in [0, 0.1) is 0 Å². The second kappa shape index (κ2) is 7.46. The lowest BCUT2D eigenvalue weighted by atomic mass is 10.0. The van der Waals surface area contributed by atoms with Gasteiger partial charge in [-0.15, -0.1) is 5.10 Å². The Morgan fingerprint density at radius 3 is 2.48 bits per heavy atom. The van der Waals surface area contributed by atoms with Crippen molar-refractivity contribution in [1.82, 2.24) is 24.4 Å². The maximum Gasteiger partial charge on any atom is 0.230 e. The van der Waals surface area contributed by atoms with E-state index in [0.29, 0.717) is 0 Å². The van der Waals surface area contributed by atoms with Gasteiger partial charge < -0.3 is 14.7 Å². The molecule has 144 valence electrons. The van der Waals surface area contributed by atoms with Gasteiger partial charge in [0.2, 0.25) is 10.8 Å². The predicted molar refractivity (Wildman–Crippen MR) is 106 cm³/mol. The van der Waals surface area contributed by atoms with Crippen LogP contribution in [-0.4, -0.2) is 69.8 Å². The van der Waals surface area contributed by atoms with Gasteiger partial charge in [-0.25, -0.2) is 4.98 Å². The Kier molecular flexibility index (Phi) is 5.03. The molecule has 3 aromatic rings. The summed E-state index contributed by atoms with van der Waals surface area (Å²) in [5, 5.41) is 15.4. The molecule has 4 rings (SSSR count). The topological polar surface area (TPSA) is 66.1 Å². The molecule has 27 heavy (non-hydrogen) atoms. The number of fused-ring (bicyclic) bond motifs is 1. The number of hydrogen-bond donors (Lipinski definition) is 1. The van der Waals surface area contributed by atoms with Crippen molar-refractivity contribution >= 4 is 16.3 Å². The summed E-state index contributed by atoms with van der Waals surface area (Å²) in [6.07, 6.45) is 0.754. The molecule has 1 aromatic carbocycles. The van der Waals surface area contributed by atoms with Crippen LogP contribution in [0.1, 0.15) is 29.2 Å². The average Bonchev–Trinajstić information content (AvgIpc) is 3.23. The first-order valence-corrected chi connectivity index (χ1v) is 10.1. The Balaban J connectivity index is 1.77. The lowest BCUT2D eigenvalue weighted by Gasteiger charge is -2.37. The van der Waals surface area contributed by atoms with Gasteiger partial charge in [0.05, 0.1) is 18.0 Å². The molecular formula is C19H25N5O2S. The first-order valence-electron chi connectivity index (χ1n) is 9.24. The van der Waals surface area contributed by atoms with Crippen LogP contribution in [0.5, 0.6) is 11.6 Å². The summed E-state index contributed by atoms with van der Waals surface area (Å²) in [4.78, 5) is 10.9. The minimum Gasteiger partial charge on any atom is -0.497 e. The Morgan fingerprint density at radius 1 is 1.19 bits per heavy atom. The standard InChI is InChI=1S/C19H25N5O2S/c1-4-15-20-19-24(21-15)18(25)17(27-19)16(23-11-9-22(2)10-12-23)13-5-7-14(26-3)8-6-13/h5-8,16,25H,4,9-12H2,1-3H3/t16-/m0/s1. The van der Waals surface area contributed by atoms with Crippen LogP contribution in [0.2, 0.25) is 0 Å². The van der Waals surface area contributed by atoms with Gasteiger partial charge in [-0.2, -0.15) is 4.52 Å². The number of aryl methyl sites for hydroxylation is 1. The van der Waals surface area contributed by atoms with Crippen LogP contribution in [0.15, 0.2) is 24.3 Å². The summed E-state index contributed by atoms with van der Waals surface area (Å²) < 4.78 is 6.88. The van der Waals surface area contributed by atoms with Gasteiger partial charge in [0, 0.05) is 32.6 Å². The van der Waals surface area contributed by atoms with E-state index in [4.69, 9.17) is 4.74 Å². The molecule has 0 unspecified atom stereocenters. The van der Waals surface area contributed by atoms with Crippen molar-refractivity contribution in [2.45, 2.75) is 19.4 Å². The van der Waals surface area contributed by atoms with Gasteiger partial charge in [-0.1, -0.05) is 30.4 Å². The molecule has 1 N–H and O–H groups in total. The molecule has 0 spiro atoms. The van der Waals surface area contributed by atoms with Crippen molar-refractivity contribution in [3.63, 3.8) is 0 Å². The van der Waals surface area contributed by atoms with E-state index in [1.165, 1.54) is 11.3 Å². The quantitative estimate of drug-likeness (QED) is 0.725. The summed E-state index contributed by atoms with van der Waals surface area (Å²) in [5.41, 5.74) is 1.14. The molecule has 7 nitrogen and oxygen atoms in total. The van der Waals surface area contributed by atoms with Crippen LogP contribution in [-0.2, 0) is 6.42 Å². The van der Waals surface area contributed by atoms with Gasteiger partial charge in [-0.05, 0) is 24.7 Å². The van der Waals surface area contributed by atoms with E-state index >= 15 is 0 Å². The minimum atomic E-state index is -0.0248. The fourth-order valence-corrected chi connectivity index (χ4v) is 4.65. The molecule has 1 fully saturated rings. The third-order valence-corrected chi connectivity index (χ3v) is 6.22. The number of rotatable bonds is 5. The number of ether oxygens (including phenoxy) is 1. The number of aromatic nitrogens is 3. The Hall–Kier alpha value is -2.16. The van der Waals surface area contributed by atoms with Crippen molar-refractivity contribution in [1.29, 1.82) is 0 Å². The first kappa shape index (κ1) is 18.2. The molecule has 0 bridgehead atoms. The van der Waals surface area contributed by atoms with E-state index in [2.05, 4.69) is 39.1 Å². The van der Waals surface area contributed by atoms with Crippen LogP contribution in [0.4, 0.5) is 0 Å². The smallest absolute Gasteiger partial charge is 0.230 e.